The van der Waals surface area contributed by atoms with Crippen molar-refractivity contribution in [2.75, 3.05) is 0 Å². The average molecular weight is 223 g/mol. The minimum Gasteiger partial charge on any atom is -0.327 e. The summed E-state index contributed by atoms with van der Waals surface area (Å²) in [5, 5.41) is 0. The van der Waals surface area contributed by atoms with E-state index in [4.69, 9.17) is 5.73 Å². The van der Waals surface area contributed by atoms with E-state index in [0.29, 0.717) is 11.5 Å². The van der Waals surface area contributed by atoms with Crippen molar-refractivity contribution >= 4 is 0 Å². The zero-order valence-corrected chi connectivity index (χ0v) is 11.2. The molecule has 1 unspecified atom stereocenters. The Morgan fingerprint density at radius 1 is 1.06 bits per heavy atom. The van der Waals surface area contributed by atoms with E-state index in [-0.39, 0.29) is 0 Å². The Hall–Kier alpha value is -0.0400. The largest absolute Gasteiger partial charge is 0.327 e. The highest BCUT2D eigenvalue weighted by Gasteiger charge is 2.43. The maximum absolute atomic E-state index is 6.67. The van der Waals surface area contributed by atoms with Gasteiger partial charge in [0.25, 0.3) is 0 Å². The van der Waals surface area contributed by atoms with Crippen molar-refractivity contribution < 1.29 is 0 Å². The van der Waals surface area contributed by atoms with Crippen LogP contribution in [0.15, 0.2) is 0 Å². The minimum atomic E-state index is 0.500. The van der Waals surface area contributed by atoms with E-state index >= 15 is 0 Å². The van der Waals surface area contributed by atoms with Crippen LogP contribution in [-0.2, 0) is 0 Å². The molecule has 0 aliphatic heterocycles. The lowest BCUT2D eigenvalue weighted by molar-refractivity contribution is 0.140. The first-order valence-electron chi connectivity index (χ1n) is 7.40. The van der Waals surface area contributed by atoms with Crippen LogP contribution in [0.3, 0.4) is 0 Å². The van der Waals surface area contributed by atoms with Gasteiger partial charge in [0.15, 0.2) is 0 Å². The Bertz CT molecular complexity index is 209. The number of rotatable bonds is 4. The van der Waals surface area contributed by atoms with Crippen molar-refractivity contribution in [3.63, 3.8) is 0 Å². The molecule has 0 aromatic heterocycles. The minimum absolute atomic E-state index is 0.500. The molecule has 0 aromatic rings. The molecule has 1 nitrogen and oxygen atoms in total. The molecule has 2 N–H and O–H groups in total. The first-order valence-corrected chi connectivity index (χ1v) is 7.40. The fourth-order valence-corrected chi connectivity index (χ4v) is 4.38. The lowest BCUT2D eigenvalue weighted by Crippen LogP contribution is -2.45. The van der Waals surface area contributed by atoms with Crippen LogP contribution < -0.4 is 5.73 Å². The highest BCUT2D eigenvalue weighted by molar-refractivity contribution is 4.97. The molecule has 1 heteroatoms. The molecule has 2 aliphatic rings. The quantitative estimate of drug-likeness (QED) is 0.762. The van der Waals surface area contributed by atoms with Gasteiger partial charge in [-0.1, -0.05) is 39.5 Å². The van der Waals surface area contributed by atoms with Gasteiger partial charge in [-0.15, -0.1) is 0 Å². The summed E-state index contributed by atoms with van der Waals surface area (Å²) < 4.78 is 0. The maximum atomic E-state index is 6.67. The standard InChI is InChI=1S/C15H29N/c1-12(2)11-15(9-5-6-10-15)14(16)13-7-3-4-8-13/h12-14H,3-11,16H2,1-2H3. The Morgan fingerprint density at radius 2 is 1.62 bits per heavy atom. The summed E-state index contributed by atoms with van der Waals surface area (Å²) in [6.07, 6.45) is 12.7. The van der Waals surface area contributed by atoms with E-state index < -0.39 is 0 Å². The molecule has 0 saturated heterocycles. The van der Waals surface area contributed by atoms with E-state index in [2.05, 4.69) is 13.8 Å². The number of nitrogens with two attached hydrogens (primary N) is 1. The molecule has 2 aliphatic carbocycles. The molecule has 0 spiro atoms. The van der Waals surface area contributed by atoms with Gasteiger partial charge in [0.1, 0.15) is 0 Å². The first kappa shape index (κ1) is 12.4. The Morgan fingerprint density at radius 3 is 2.12 bits per heavy atom. The summed E-state index contributed by atoms with van der Waals surface area (Å²) in [6.45, 7) is 4.73. The highest BCUT2D eigenvalue weighted by Crippen LogP contribution is 2.49. The molecule has 0 aromatic carbocycles. The SMILES string of the molecule is CC(C)CC1(C(N)C2CCCC2)CCCC1. The van der Waals surface area contributed by atoms with E-state index in [0.717, 1.165) is 11.8 Å². The van der Waals surface area contributed by atoms with Crippen LogP contribution in [0.25, 0.3) is 0 Å². The summed E-state index contributed by atoms with van der Waals surface area (Å²) in [7, 11) is 0. The predicted octanol–water partition coefficient (Wildman–Crippen LogP) is 4.11. The monoisotopic (exact) mass is 223 g/mol. The molecule has 94 valence electrons. The molecule has 0 amide bonds. The second-order valence-electron chi connectivity index (χ2n) is 6.74. The topological polar surface area (TPSA) is 26.0 Å². The molecular weight excluding hydrogens is 194 g/mol. The van der Waals surface area contributed by atoms with E-state index in [1.54, 1.807) is 0 Å². The second-order valence-corrected chi connectivity index (χ2v) is 6.74. The highest BCUT2D eigenvalue weighted by atomic mass is 14.7. The maximum Gasteiger partial charge on any atom is 0.0124 e. The van der Waals surface area contributed by atoms with Crippen molar-refractivity contribution in [3.8, 4) is 0 Å². The molecular formula is C15H29N. The fraction of sp³-hybridized carbons (Fsp3) is 1.00. The lowest BCUT2D eigenvalue weighted by Gasteiger charge is -2.40. The summed E-state index contributed by atoms with van der Waals surface area (Å²) in [4.78, 5) is 0. The van der Waals surface area contributed by atoms with Crippen molar-refractivity contribution in [2.24, 2.45) is 23.0 Å². The molecule has 0 heterocycles. The second kappa shape index (κ2) is 5.08. The van der Waals surface area contributed by atoms with Crippen molar-refractivity contribution in [2.45, 2.75) is 77.7 Å². The molecule has 16 heavy (non-hydrogen) atoms. The van der Waals surface area contributed by atoms with Crippen molar-refractivity contribution in [1.82, 2.24) is 0 Å². The van der Waals surface area contributed by atoms with Crippen molar-refractivity contribution in [1.29, 1.82) is 0 Å². The van der Waals surface area contributed by atoms with Gasteiger partial charge >= 0.3 is 0 Å². The number of hydrogen-bond acceptors (Lipinski definition) is 1. The molecule has 2 rings (SSSR count). The van der Waals surface area contributed by atoms with Crippen LogP contribution in [-0.4, -0.2) is 6.04 Å². The van der Waals surface area contributed by atoms with Gasteiger partial charge in [-0.2, -0.15) is 0 Å². The van der Waals surface area contributed by atoms with Gasteiger partial charge in [0.2, 0.25) is 0 Å². The van der Waals surface area contributed by atoms with Crippen LogP contribution in [0.5, 0.6) is 0 Å². The first-order chi connectivity index (χ1) is 7.64. The van der Waals surface area contributed by atoms with E-state index in [9.17, 15) is 0 Å². The van der Waals surface area contributed by atoms with Crippen LogP contribution in [0.1, 0.15) is 71.6 Å². The van der Waals surface area contributed by atoms with Crippen LogP contribution in [0.4, 0.5) is 0 Å². The zero-order chi connectivity index (χ0) is 11.6. The summed E-state index contributed by atoms with van der Waals surface area (Å²) >= 11 is 0. The predicted molar refractivity (Wildman–Crippen MR) is 70.3 cm³/mol. The van der Waals surface area contributed by atoms with Crippen LogP contribution in [0, 0.1) is 17.3 Å². The third kappa shape index (κ3) is 2.45. The molecule has 2 saturated carbocycles. The van der Waals surface area contributed by atoms with Crippen molar-refractivity contribution in [3.05, 3.63) is 0 Å². The van der Waals surface area contributed by atoms with Gasteiger partial charge in [-0.05, 0) is 49.4 Å². The van der Waals surface area contributed by atoms with Gasteiger partial charge in [-0.25, -0.2) is 0 Å². The molecule has 2 fully saturated rings. The Labute approximate surface area is 101 Å². The van der Waals surface area contributed by atoms with E-state index in [1.807, 2.05) is 0 Å². The lowest BCUT2D eigenvalue weighted by atomic mass is 9.68. The van der Waals surface area contributed by atoms with Crippen LogP contribution >= 0.6 is 0 Å². The molecule has 1 atom stereocenters. The molecule has 0 bridgehead atoms. The Balaban J connectivity index is 2.05. The third-order valence-corrected chi connectivity index (χ3v) is 5.03. The smallest absolute Gasteiger partial charge is 0.0124 e. The van der Waals surface area contributed by atoms with Crippen LogP contribution in [0.2, 0.25) is 0 Å². The van der Waals surface area contributed by atoms with Gasteiger partial charge in [0, 0.05) is 6.04 Å². The normalized spacial score (nSPS) is 27.8. The zero-order valence-electron chi connectivity index (χ0n) is 11.2. The van der Waals surface area contributed by atoms with Gasteiger partial charge in [0.05, 0.1) is 0 Å². The van der Waals surface area contributed by atoms with Gasteiger partial charge in [-0.3, -0.25) is 0 Å². The summed E-state index contributed by atoms with van der Waals surface area (Å²) in [6, 6.07) is 0.500. The third-order valence-electron chi connectivity index (χ3n) is 5.03. The average Bonchev–Trinajstić information content (AvgIpc) is 2.85. The van der Waals surface area contributed by atoms with E-state index in [1.165, 1.54) is 57.8 Å². The van der Waals surface area contributed by atoms with Gasteiger partial charge < -0.3 is 5.73 Å². The fourth-order valence-electron chi connectivity index (χ4n) is 4.38. The molecule has 0 radical (unpaired) electrons. The Kier molecular flexibility index (Phi) is 3.94. The summed E-state index contributed by atoms with van der Waals surface area (Å²) in [5.74, 6) is 1.66. The number of hydrogen-bond donors (Lipinski definition) is 1. The summed E-state index contributed by atoms with van der Waals surface area (Å²) in [5.41, 5.74) is 7.18.